The van der Waals surface area contributed by atoms with Gasteiger partial charge in [0, 0.05) is 0 Å². The summed E-state index contributed by atoms with van der Waals surface area (Å²) in [6.07, 6.45) is -1.31. The first-order valence-electron chi connectivity index (χ1n) is 18.7. The Kier molecular flexibility index (Phi) is 13.1. The van der Waals surface area contributed by atoms with E-state index in [-0.39, 0.29) is 30.9 Å². The number of ether oxygens (including phenoxy) is 3. The van der Waals surface area contributed by atoms with Crippen LogP contribution in [0.15, 0.2) is 157 Å². The van der Waals surface area contributed by atoms with Crippen LogP contribution in [0.3, 0.4) is 0 Å². The quantitative estimate of drug-likeness (QED) is 0.0512. The van der Waals surface area contributed by atoms with Gasteiger partial charge in [0.25, 0.3) is 0 Å². The van der Waals surface area contributed by atoms with E-state index >= 15 is 0 Å². The van der Waals surface area contributed by atoms with Gasteiger partial charge in [-0.2, -0.15) is 0 Å². The van der Waals surface area contributed by atoms with Crippen molar-refractivity contribution in [3.8, 4) is 11.2 Å². The average molecular weight is 820 g/mol. The average Bonchev–Trinajstić information content (AvgIpc) is 3.50. The van der Waals surface area contributed by atoms with Gasteiger partial charge in [-0.1, -0.05) is 0 Å². The molecule has 0 saturated carbocycles. The van der Waals surface area contributed by atoms with Crippen molar-refractivity contribution < 1.29 is 18.6 Å². The Balaban J connectivity index is 1.44. The van der Waals surface area contributed by atoms with Crippen LogP contribution < -0.4 is 4.46 Å². The Morgan fingerprint density at radius 2 is 1.13 bits per heavy atom. The molecular formula is C47H52O4SSeSi. The molecule has 1 fully saturated rings. The number of hydrogen-bond acceptors (Lipinski definition) is 5. The van der Waals surface area contributed by atoms with Gasteiger partial charge >= 0.3 is 336 Å². The van der Waals surface area contributed by atoms with E-state index < -0.39 is 31.9 Å². The first-order valence-corrected chi connectivity index (χ1v) is 24.2. The van der Waals surface area contributed by atoms with Crippen molar-refractivity contribution in [3.63, 3.8) is 0 Å². The molecule has 1 heterocycles. The minimum atomic E-state index is -2.30. The zero-order valence-electron chi connectivity index (χ0n) is 32.4. The molecule has 6 rings (SSSR count). The summed E-state index contributed by atoms with van der Waals surface area (Å²) in [5, 5.41) is 3.39. The molecule has 5 aromatic rings. The van der Waals surface area contributed by atoms with Crippen molar-refractivity contribution in [2.24, 2.45) is 0 Å². The van der Waals surface area contributed by atoms with E-state index in [1.54, 1.807) is 0 Å². The molecule has 4 nitrogen and oxygen atoms in total. The van der Waals surface area contributed by atoms with Gasteiger partial charge in [-0.15, -0.1) is 0 Å². The third-order valence-corrected chi connectivity index (χ3v) is 18.0. The van der Waals surface area contributed by atoms with Crippen LogP contribution in [0.2, 0.25) is 22.9 Å². The third-order valence-electron chi connectivity index (χ3n) is 10.2. The molecule has 280 valence electrons. The van der Waals surface area contributed by atoms with Gasteiger partial charge in [0.15, 0.2) is 0 Å². The molecule has 5 aromatic carbocycles. The number of thioether (sulfide) groups is 1. The van der Waals surface area contributed by atoms with E-state index in [2.05, 4.69) is 178 Å². The van der Waals surface area contributed by atoms with Crippen molar-refractivity contribution >= 4 is 39.5 Å². The summed E-state index contributed by atoms with van der Waals surface area (Å²) in [6, 6.07) is 52.7. The first kappa shape index (κ1) is 40.3. The Morgan fingerprint density at radius 3 is 1.61 bits per heavy atom. The fourth-order valence-electron chi connectivity index (χ4n) is 6.49. The van der Waals surface area contributed by atoms with Gasteiger partial charge in [-0.3, -0.25) is 0 Å². The number of rotatable bonds is 13. The van der Waals surface area contributed by atoms with Crippen LogP contribution in [-0.2, 0) is 24.2 Å². The second-order valence-corrected chi connectivity index (χ2v) is 24.0. The molecule has 0 spiro atoms. The SMILES string of the molecule is CC1(C)O[C@@H]([C@H](C#CSc2ccccc2)O[Si](C)(C)C(C)(C)C)[C@@H](C(COC(c2ccccc2)(c2ccccc2)c2ccccc2)[Se]c2ccccc2)O1. The first-order chi connectivity index (χ1) is 25.9. The second-order valence-electron chi connectivity index (χ2n) is 15.6. The van der Waals surface area contributed by atoms with Gasteiger partial charge < -0.3 is 0 Å². The van der Waals surface area contributed by atoms with Gasteiger partial charge in [-0.25, -0.2) is 0 Å². The summed E-state index contributed by atoms with van der Waals surface area (Å²) in [5.41, 5.74) is 2.33. The Morgan fingerprint density at radius 1 is 0.685 bits per heavy atom. The number of benzene rings is 5. The molecule has 0 N–H and O–H groups in total. The van der Waals surface area contributed by atoms with E-state index in [0.717, 1.165) is 21.6 Å². The fourth-order valence-corrected chi connectivity index (χ4v) is 10.7. The van der Waals surface area contributed by atoms with Crippen LogP contribution in [0.5, 0.6) is 0 Å². The van der Waals surface area contributed by atoms with Crippen molar-refractivity contribution in [1.29, 1.82) is 0 Å². The van der Waals surface area contributed by atoms with Crippen LogP contribution in [-0.4, -0.2) is 54.0 Å². The molecule has 0 amide bonds. The predicted molar refractivity (Wildman–Crippen MR) is 227 cm³/mol. The Hall–Kier alpha value is -3.41. The van der Waals surface area contributed by atoms with Crippen molar-refractivity contribution in [2.45, 2.75) is 92.2 Å². The molecule has 1 aliphatic heterocycles. The van der Waals surface area contributed by atoms with Crippen molar-refractivity contribution in [3.05, 3.63) is 168 Å². The second kappa shape index (κ2) is 17.6. The van der Waals surface area contributed by atoms with Gasteiger partial charge in [0.1, 0.15) is 0 Å². The van der Waals surface area contributed by atoms with Crippen LogP contribution in [0.4, 0.5) is 0 Å². The molecular weight excluding hydrogens is 768 g/mol. The molecule has 0 bridgehead atoms. The molecule has 4 atom stereocenters. The number of hydrogen-bond donors (Lipinski definition) is 0. The topological polar surface area (TPSA) is 36.9 Å². The fraction of sp³-hybridized carbons (Fsp3) is 0.319. The van der Waals surface area contributed by atoms with Crippen LogP contribution in [0, 0.1) is 11.2 Å². The molecule has 54 heavy (non-hydrogen) atoms. The van der Waals surface area contributed by atoms with Gasteiger partial charge in [0.2, 0.25) is 0 Å². The molecule has 0 radical (unpaired) electrons. The summed E-state index contributed by atoms with van der Waals surface area (Å²) in [6.45, 7) is 15.8. The maximum atomic E-state index is 7.53. The van der Waals surface area contributed by atoms with E-state index in [9.17, 15) is 0 Å². The molecule has 1 aliphatic rings. The summed E-state index contributed by atoms with van der Waals surface area (Å²) in [7, 11) is -2.30. The minimum absolute atomic E-state index is 0.0267. The van der Waals surface area contributed by atoms with Crippen LogP contribution in [0.25, 0.3) is 0 Å². The summed E-state index contributed by atoms with van der Waals surface area (Å²) in [4.78, 5) is 1.03. The monoisotopic (exact) mass is 820 g/mol. The zero-order valence-corrected chi connectivity index (χ0v) is 35.9. The van der Waals surface area contributed by atoms with E-state index in [1.807, 2.05) is 32.0 Å². The van der Waals surface area contributed by atoms with Crippen LogP contribution in [0.1, 0.15) is 51.3 Å². The summed E-state index contributed by atoms with van der Waals surface area (Å²) in [5.74, 6) is 2.71. The zero-order chi connectivity index (χ0) is 38.2. The predicted octanol–water partition coefficient (Wildman–Crippen LogP) is 10.5. The Labute approximate surface area is 334 Å². The maximum absolute atomic E-state index is 7.53. The summed E-state index contributed by atoms with van der Waals surface area (Å²) < 4.78 is 29.9. The van der Waals surface area contributed by atoms with Crippen molar-refractivity contribution in [1.82, 2.24) is 0 Å². The molecule has 0 aliphatic carbocycles. The van der Waals surface area contributed by atoms with Crippen molar-refractivity contribution in [2.75, 3.05) is 6.61 Å². The Bertz CT molecular complexity index is 1860. The van der Waals surface area contributed by atoms with E-state index in [0.29, 0.717) is 6.61 Å². The van der Waals surface area contributed by atoms with Crippen LogP contribution >= 0.6 is 11.8 Å². The molecule has 0 aromatic heterocycles. The molecule has 1 saturated heterocycles. The third kappa shape index (κ3) is 9.68. The molecule has 7 heteroatoms. The van der Waals surface area contributed by atoms with E-state index in [1.165, 1.54) is 16.2 Å². The van der Waals surface area contributed by atoms with Gasteiger partial charge in [-0.05, 0) is 0 Å². The van der Waals surface area contributed by atoms with E-state index in [4.69, 9.17) is 18.6 Å². The molecule has 1 unspecified atom stereocenters. The summed E-state index contributed by atoms with van der Waals surface area (Å²) >= 11 is 1.46. The normalized spacial score (nSPS) is 18.4. The standard InChI is InChI=1S/C47H52O4SSeSi/c1-45(2,3)54(6,7)51-41(33-34-52-39-29-19-11-20-30-39)43-44(50-46(4,5)49-43)42(53-40-31-21-12-22-32-40)35-48-47(36-23-13-8-14-24-36,37-25-15-9-16-26-37)38-27-17-10-18-28-38/h8-32,41-44H,35H2,1-7H3/t41-,42?,43-,44+/m0/s1. The van der Waals surface area contributed by atoms with Gasteiger partial charge in [0.05, 0.1) is 0 Å².